The zero-order valence-electron chi connectivity index (χ0n) is 14.7. The maximum absolute atomic E-state index is 12.8. The number of hydrogen-bond donors (Lipinski definition) is 1. The number of carbonyl (C=O) groups is 1. The second-order valence-electron chi connectivity index (χ2n) is 6.68. The number of hydrogen-bond acceptors (Lipinski definition) is 4. The largest absolute Gasteiger partial charge is 0.370 e. The maximum Gasteiger partial charge on any atom is 0.330 e. The highest BCUT2D eigenvalue weighted by atomic mass is 32.2. The van der Waals surface area contributed by atoms with Gasteiger partial charge in [0.25, 0.3) is 0 Å². The molecular formula is C17H21F4NO4S. The molecule has 0 saturated heterocycles. The standard InChI is InChI=1S/C17H21F4NO4S/c1-27(24,25)16(7-2-3-8-16)15(23)22-13-6-4-5-12(9-13)10-26-11-17(20,21)14(18)19/h4-6,9,14H,2-3,7-8,10-11H2,1H3,(H,22,23). The first-order valence-corrected chi connectivity index (χ1v) is 10.2. The van der Waals surface area contributed by atoms with E-state index in [9.17, 15) is 30.8 Å². The molecule has 0 aromatic heterocycles. The Hall–Kier alpha value is -1.68. The lowest BCUT2D eigenvalue weighted by molar-refractivity contribution is -0.168. The molecule has 152 valence electrons. The Kier molecular flexibility index (Phi) is 6.51. The van der Waals surface area contributed by atoms with Crippen LogP contribution in [-0.4, -0.2) is 44.3 Å². The Bertz CT molecular complexity index is 777. The monoisotopic (exact) mass is 411 g/mol. The van der Waals surface area contributed by atoms with Gasteiger partial charge in [0.15, 0.2) is 14.6 Å². The third-order valence-electron chi connectivity index (χ3n) is 4.60. The minimum absolute atomic E-state index is 0.239. The van der Waals surface area contributed by atoms with E-state index in [4.69, 9.17) is 0 Å². The van der Waals surface area contributed by atoms with Crippen molar-refractivity contribution < 1.29 is 35.5 Å². The van der Waals surface area contributed by atoms with Gasteiger partial charge in [-0.25, -0.2) is 17.2 Å². The van der Waals surface area contributed by atoms with Crippen LogP contribution in [-0.2, 0) is 26.0 Å². The number of sulfone groups is 1. The van der Waals surface area contributed by atoms with Crippen molar-refractivity contribution in [1.29, 1.82) is 0 Å². The van der Waals surface area contributed by atoms with Crippen LogP contribution >= 0.6 is 0 Å². The predicted octanol–water partition coefficient (Wildman–Crippen LogP) is 3.40. The molecular weight excluding hydrogens is 390 g/mol. The van der Waals surface area contributed by atoms with Crippen LogP contribution in [0.1, 0.15) is 31.2 Å². The second-order valence-corrected chi connectivity index (χ2v) is 9.01. The van der Waals surface area contributed by atoms with Gasteiger partial charge in [-0.15, -0.1) is 0 Å². The molecule has 1 aromatic rings. The van der Waals surface area contributed by atoms with E-state index in [1.807, 2.05) is 0 Å². The molecule has 2 rings (SSSR count). The summed E-state index contributed by atoms with van der Waals surface area (Å²) in [6.45, 7) is -1.79. The van der Waals surface area contributed by atoms with Gasteiger partial charge in [-0.3, -0.25) is 4.79 Å². The molecule has 0 aliphatic heterocycles. The average Bonchev–Trinajstić information content (AvgIpc) is 3.06. The molecule has 1 aliphatic carbocycles. The molecule has 1 fully saturated rings. The summed E-state index contributed by atoms with van der Waals surface area (Å²) in [6.07, 6.45) is -1.04. The van der Waals surface area contributed by atoms with Gasteiger partial charge in [0, 0.05) is 11.9 Å². The van der Waals surface area contributed by atoms with Gasteiger partial charge in [0.1, 0.15) is 6.61 Å². The molecule has 1 aliphatic rings. The summed E-state index contributed by atoms with van der Waals surface area (Å²) in [5.41, 5.74) is 0.648. The normalized spacial score (nSPS) is 17.3. The SMILES string of the molecule is CS(=O)(=O)C1(C(=O)Nc2cccc(COCC(F)(F)C(F)F)c2)CCCC1. The van der Waals surface area contributed by atoms with Crippen LogP contribution in [0.2, 0.25) is 0 Å². The number of rotatable bonds is 8. The van der Waals surface area contributed by atoms with Crippen LogP contribution in [0.15, 0.2) is 24.3 Å². The van der Waals surface area contributed by atoms with Crippen molar-refractivity contribution in [3.63, 3.8) is 0 Å². The summed E-state index contributed by atoms with van der Waals surface area (Å²) in [6, 6.07) is 5.96. The van der Waals surface area contributed by atoms with Crippen LogP contribution in [0.4, 0.5) is 23.2 Å². The van der Waals surface area contributed by atoms with E-state index in [1.165, 1.54) is 24.3 Å². The Morgan fingerprint density at radius 1 is 1.30 bits per heavy atom. The quantitative estimate of drug-likeness (QED) is 0.666. The smallest absolute Gasteiger partial charge is 0.330 e. The van der Waals surface area contributed by atoms with Gasteiger partial charge in [-0.1, -0.05) is 25.0 Å². The van der Waals surface area contributed by atoms with Crippen LogP contribution in [0.5, 0.6) is 0 Å². The number of anilines is 1. The van der Waals surface area contributed by atoms with Crippen molar-refractivity contribution in [1.82, 2.24) is 0 Å². The van der Waals surface area contributed by atoms with Gasteiger partial charge in [0.2, 0.25) is 5.91 Å². The van der Waals surface area contributed by atoms with Gasteiger partial charge in [-0.05, 0) is 30.5 Å². The Balaban J connectivity index is 2.04. The molecule has 0 radical (unpaired) electrons. The number of benzene rings is 1. The Labute approximate surface area is 155 Å². The van der Waals surface area contributed by atoms with Crippen molar-refractivity contribution in [3.8, 4) is 0 Å². The molecule has 5 nitrogen and oxygen atoms in total. The molecule has 1 saturated carbocycles. The van der Waals surface area contributed by atoms with Crippen LogP contribution in [0.25, 0.3) is 0 Å². The third kappa shape index (κ3) is 4.98. The first-order chi connectivity index (χ1) is 12.5. The van der Waals surface area contributed by atoms with Crippen molar-refractivity contribution in [2.75, 3.05) is 18.2 Å². The number of carbonyl (C=O) groups excluding carboxylic acids is 1. The summed E-state index contributed by atoms with van der Waals surface area (Å²) in [5, 5.41) is 2.55. The lowest BCUT2D eigenvalue weighted by Gasteiger charge is -2.25. The van der Waals surface area contributed by atoms with Gasteiger partial charge in [0.05, 0.1) is 6.61 Å². The van der Waals surface area contributed by atoms with E-state index < -0.39 is 39.4 Å². The van der Waals surface area contributed by atoms with E-state index >= 15 is 0 Å². The zero-order valence-corrected chi connectivity index (χ0v) is 15.5. The van der Waals surface area contributed by atoms with Crippen LogP contribution in [0.3, 0.4) is 0 Å². The maximum atomic E-state index is 12.8. The lowest BCUT2D eigenvalue weighted by atomic mass is 10.1. The molecule has 0 heterocycles. The first-order valence-electron chi connectivity index (χ1n) is 8.32. The lowest BCUT2D eigenvalue weighted by Crippen LogP contribution is -2.47. The number of nitrogens with one attached hydrogen (secondary N) is 1. The molecule has 0 spiro atoms. The van der Waals surface area contributed by atoms with Gasteiger partial charge in [-0.2, -0.15) is 8.78 Å². The first kappa shape index (κ1) is 21.6. The number of halogens is 4. The fraction of sp³-hybridized carbons (Fsp3) is 0.588. The minimum atomic E-state index is -4.24. The summed E-state index contributed by atoms with van der Waals surface area (Å²) >= 11 is 0. The van der Waals surface area contributed by atoms with Crippen molar-refractivity contribution in [2.45, 2.75) is 49.4 Å². The second kappa shape index (κ2) is 8.14. The van der Waals surface area contributed by atoms with Gasteiger partial charge >= 0.3 is 12.3 Å². The molecule has 27 heavy (non-hydrogen) atoms. The van der Waals surface area contributed by atoms with Crippen LogP contribution in [0, 0.1) is 0 Å². The minimum Gasteiger partial charge on any atom is -0.370 e. The average molecular weight is 411 g/mol. The Morgan fingerprint density at radius 3 is 2.48 bits per heavy atom. The summed E-state index contributed by atoms with van der Waals surface area (Å²) in [7, 11) is -3.62. The zero-order chi connectivity index (χ0) is 20.3. The Morgan fingerprint density at radius 2 is 1.93 bits per heavy atom. The summed E-state index contributed by atoms with van der Waals surface area (Å²) in [4.78, 5) is 12.6. The molecule has 10 heteroatoms. The highest BCUT2D eigenvalue weighted by Crippen LogP contribution is 2.37. The topological polar surface area (TPSA) is 72.5 Å². The van der Waals surface area contributed by atoms with E-state index in [1.54, 1.807) is 0 Å². The van der Waals surface area contributed by atoms with E-state index in [-0.39, 0.29) is 25.1 Å². The van der Waals surface area contributed by atoms with E-state index in [0.29, 0.717) is 18.4 Å². The van der Waals surface area contributed by atoms with Crippen LogP contribution < -0.4 is 5.32 Å². The highest BCUT2D eigenvalue weighted by Gasteiger charge is 2.50. The number of amides is 1. The predicted molar refractivity (Wildman–Crippen MR) is 91.7 cm³/mol. The van der Waals surface area contributed by atoms with Crippen molar-refractivity contribution >= 4 is 21.4 Å². The molecule has 1 N–H and O–H groups in total. The van der Waals surface area contributed by atoms with Gasteiger partial charge < -0.3 is 10.1 Å². The molecule has 0 unspecified atom stereocenters. The van der Waals surface area contributed by atoms with E-state index in [0.717, 1.165) is 6.26 Å². The molecule has 0 bridgehead atoms. The molecule has 1 amide bonds. The molecule has 1 aromatic carbocycles. The highest BCUT2D eigenvalue weighted by molar-refractivity contribution is 7.92. The molecule has 0 atom stereocenters. The van der Waals surface area contributed by atoms with Crippen molar-refractivity contribution in [3.05, 3.63) is 29.8 Å². The summed E-state index contributed by atoms with van der Waals surface area (Å²) in [5.74, 6) is -4.87. The number of ether oxygens (including phenoxy) is 1. The third-order valence-corrected chi connectivity index (χ3v) is 6.62. The number of alkyl halides is 4. The fourth-order valence-corrected chi connectivity index (χ4v) is 4.48. The summed E-state index contributed by atoms with van der Waals surface area (Å²) < 4.78 is 77.3. The van der Waals surface area contributed by atoms with Crippen molar-refractivity contribution in [2.24, 2.45) is 0 Å². The fourth-order valence-electron chi connectivity index (χ4n) is 3.06. The van der Waals surface area contributed by atoms with E-state index in [2.05, 4.69) is 10.1 Å².